The van der Waals surface area contributed by atoms with Crippen LogP contribution in [0, 0.1) is 13.8 Å². The van der Waals surface area contributed by atoms with E-state index in [1.165, 1.54) is 89.9 Å². The fourth-order valence-corrected chi connectivity index (χ4v) is 2.53. The molecule has 0 aliphatic heterocycles. The van der Waals surface area contributed by atoms with Crippen molar-refractivity contribution in [1.29, 1.82) is 0 Å². The molecule has 0 nitrogen and oxygen atoms in total. The third kappa shape index (κ3) is 17.7. The Balaban J connectivity index is 2.97. The van der Waals surface area contributed by atoms with Crippen LogP contribution in [0.1, 0.15) is 103 Å². The Morgan fingerprint density at radius 2 is 0.750 bits per heavy atom. The standard InChI is InChI=1S/C20H38/c1-3-5-7-9-11-13-15-17-19-20-18-16-14-12-10-8-6-4-2/h9,11H,1-8,10,12-20H2. The molecule has 0 aromatic heterocycles. The predicted molar refractivity (Wildman–Crippen MR) is 93.7 cm³/mol. The van der Waals surface area contributed by atoms with Gasteiger partial charge < -0.3 is 0 Å². The van der Waals surface area contributed by atoms with Crippen molar-refractivity contribution >= 4 is 0 Å². The Morgan fingerprint density at radius 1 is 0.400 bits per heavy atom. The molecule has 0 N–H and O–H groups in total. The van der Waals surface area contributed by atoms with Gasteiger partial charge in [-0.15, -0.1) is 0 Å². The minimum atomic E-state index is 1.07. The van der Waals surface area contributed by atoms with Crippen LogP contribution in [0.2, 0.25) is 0 Å². The third-order valence-corrected chi connectivity index (χ3v) is 3.91. The van der Waals surface area contributed by atoms with Crippen molar-refractivity contribution < 1.29 is 0 Å². The second kappa shape index (κ2) is 18.7. The highest BCUT2D eigenvalue weighted by molar-refractivity contribution is 4.81. The summed E-state index contributed by atoms with van der Waals surface area (Å²) in [5, 5.41) is 0. The Hall–Kier alpha value is -0.260. The smallest absolute Gasteiger partial charge is 0.0351 e. The first-order valence-electron chi connectivity index (χ1n) is 9.15. The zero-order chi connectivity index (χ0) is 14.7. The van der Waals surface area contributed by atoms with Crippen molar-refractivity contribution in [2.45, 2.75) is 103 Å². The molecule has 0 heterocycles. The van der Waals surface area contributed by atoms with Gasteiger partial charge in [0.25, 0.3) is 0 Å². The quantitative estimate of drug-likeness (QED) is 0.203. The minimum absolute atomic E-state index is 1.07. The summed E-state index contributed by atoms with van der Waals surface area (Å²) in [6.45, 7) is 7.74. The molecular formula is C20H38. The van der Waals surface area contributed by atoms with Crippen LogP contribution in [0.3, 0.4) is 0 Å². The molecule has 2 radical (unpaired) electrons. The third-order valence-electron chi connectivity index (χ3n) is 3.91. The van der Waals surface area contributed by atoms with Crippen molar-refractivity contribution in [3.8, 4) is 0 Å². The molecular weight excluding hydrogens is 240 g/mol. The summed E-state index contributed by atoms with van der Waals surface area (Å²) in [4.78, 5) is 0. The van der Waals surface area contributed by atoms with Crippen LogP contribution in [-0.2, 0) is 0 Å². The van der Waals surface area contributed by atoms with Crippen LogP contribution in [0.5, 0.6) is 0 Å². The lowest BCUT2D eigenvalue weighted by Crippen LogP contribution is -1.82. The van der Waals surface area contributed by atoms with Gasteiger partial charge in [-0.3, -0.25) is 0 Å². The Morgan fingerprint density at radius 3 is 1.20 bits per heavy atom. The van der Waals surface area contributed by atoms with Gasteiger partial charge in [-0.1, -0.05) is 103 Å². The topological polar surface area (TPSA) is 0 Å². The molecule has 0 aliphatic rings. The number of hydrogen-bond donors (Lipinski definition) is 0. The van der Waals surface area contributed by atoms with E-state index in [1.54, 1.807) is 0 Å². The van der Waals surface area contributed by atoms with Gasteiger partial charge in [0.1, 0.15) is 0 Å². The molecule has 118 valence electrons. The van der Waals surface area contributed by atoms with E-state index in [0.717, 1.165) is 12.8 Å². The van der Waals surface area contributed by atoms with Crippen LogP contribution >= 0.6 is 0 Å². The largest absolute Gasteiger partial charge is 0.0885 e. The Labute approximate surface area is 129 Å². The molecule has 0 spiro atoms. The Bertz CT molecular complexity index is 180. The van der Waals surface area contributed by atoms with E-state index in [2.05, 4.69) is 26.0 Å². The van der Waals surface area contributed by atoms with Gasteiger partial charge in [-0.2, -0.15) is 0 Å². The van der Waals surface area contributed by atoms with Crippen molar-refractivity contribution in [3.63, 3.8) is 0 Å². The summed E-state index contributed by atoms with van der Waals surface area (Å²) in [5.41, 5.74) is 0. The number of unbranched alkanes of at least 4 members (excludes halogenated alkanes) is 14. The van der Waals surface area contributed by atoms with Crippen LogP contribution in [0.4, 0.5) is 0 Å². The zero-order valence-electron chi connectivity index (χ0n) is 13.9. The first kappa shape index (κ1) is 19.7. The lowest BCUT2D eigenvalue weighted by molar-refractivity contribution is 0.547. The van der Waals surface area contributed by atoms with E-state index in [4.69, 9.17) is 0 Å². The summed E-state index contributed by atoms with van der Waals surface area (Å²) >= 11 is 0. The van der Waals surface area contributed by atoms with Gasteiger partial charge in [-0.05, 0) is 25.7 Å². The molecule has 0 aliphatic carbocycles. The maximum Gasteiger partial charge on any atom is -0.0351 e. The second-order valence-corrected chi connectivity index (χ2v) is 6.00. The van der Waals surface area contributed by atoms with Crippen LogP contribution < -0.4 is 0 Å². The minimum Gasteiger partial charge on any atom is -0.0885 e. The summed E-state index contributed by atoms with van der Waals surface area (Å²) in [5.74, 6) is 0. The maximum atomic E-state index is 3.89. The fourth-order valence-electron chi connectivity index (χ4n) is 2.53. The van der Waals surface area contributed by atoms with Crippen LogP contribution in [0.15, 0.2) is 12.2 Å². The molecule has 0 atom stereocenters. The fraction of sp³-hybridized carbons (Fsp3) is 0.800. The van der Waals surface area contributed by atoms with Gasteiger partial charge in [0.05, 0.1) is 0 Å². The lowest BCUT2D eigenvalue weighted by atomic mass is 10.0. The Kier molecular flexibility index (Phi) is 18.5. The van der Waals surface area contributed by atoms with Gasteiger partial charge in [-0.25, -0.2) is 0 Å². The number of rotatable bonds is 16. The normalized spacial score (nSPS) is 11.5. The van der Waals surface area contributed by atoms with E-state index in [1.807, 2.05) is 0 Å². The summed E-state index contributed by atoms with van der Waals surface area (Å²) < 4.78 is 0. The van der Waals surface area contributed by atoms with Crippen LogP contribution in [-0.4, -0.2) is 0 Å². The molecule has 0 fully saturated rings. The van der Waals surface area contributed by atoms with Crippen molar-refractivity contribution in [3.05, 3.63) is 26.0 Å². The predicted octanol–water partition coefficient (Wildman–Crippen LogP) is 7.45. The van der Waals surface area contributed by atoms with Gasteiger partial charge in [0.2, 0.25) is 0 Å². The average molecular weight is 279 g/mol. The van der Waals surface area contributed by atoms with Crippen molar-refractivity contribution in [2.24, 2.45) is 0 Å². The van der Waals surface area contributed by atoms with E-state index in [9.17, 15) is 0 Å². The molecule has 0 rings (SSSR count). The van der Waals surface area contributed by atoms with E-state index in [-0.39, 0.29) is 0 Å². The molecule has 0 saturated heterocycles. The monoisotopic (exact) mass is 278 g/mol. The molecule has 0 heteroatoms. The average Bonchev–Trinajstić information content (AvgIpc) is 2.47. The molecule has 0 bridgehead atoms. The zero-order valence-corrected chi connectivity index (χ0v) is 13.9. The first-order chi connectivity index (χ1) is 9.91. The lowest BCUT2D eigenvalue weighted by Gasteiger charge is -2.02. The molecule has 20 heavy (non-hydrogen) atoms. The number of hydrogen-bond acceptors (Lipinski definition) is 0. The first-order valence-corrected chi connectivity index (χ1v) is 9.15. The summed E-state index contributed by atoms with van der Waals surface area (Å²) in [6.07, 6.45) is 26.3. The summed E-state index contributed by atoms with van der Waals surface area (Å²) in [6, 6.07) is 0. The molecule has 0 saturated carbocycles. The van der Waals surface area contributed by atoms with Crippen molar-refractivity contribution in [2.75, 3.05) is 0 Å². The molecule has 0 unspecified atom stereocenters. The van der Waals surface area contributed by atoms with Gasteiger partial charge in [0.15, 0.2) is 0 Å². The highest BCUT2D eigenvalue weighted by atomic mass is 14.0. The van der Waals surface area contributed by atoms with Crippen molar-refractivity contribution in [1.82, 2.24) is 0 Å². The van der Waals surface area contributed by atoms with E-state index >= 15 is 0 Å². The molecule has 0 aromatic rings. The maximum absolute atomic E-state index is 3.89. The highest BCUT2D eigenvalue weighted by Gasteiger charge is 1.92. The summed E-state index contributed by atoms with van der Waals surface area (Å²) in [7, 11) is 0. The molecule has 0 amide bonds. The van der Waals surface area contributed by atoms with E-state index in [0.29, 0.717) is 0 Å². The highest BCUT2D eigenvalue weighted by Crippen LogP contribution is 2.12. The SMILES string of the molecule is [CH2]CCCC=CCCCCCCCCCCCCC[CH2]. The van der Waals surface area contributed by atoms with Gasteiger partial charge in [0, 0.05) is 0 Å². The number of allylic oxidation sites excluding steroid dienone is 2. The van der Waals surface area contributed by atoms with E-state index < -0.39 is 0 Å². The second-order valence-electron chi connectivity index (χ2n) is 6.00. The van der Waals surface area contributed by atoms with Crippen LogP contribution in [0.25, 0.3) is 0 Å². The molecule has 0 aromatic carbocycles. The van der Waals surface area contributed by atoms with Gasteiger partial charge >= 0.3 is 0 Å².